The molecule has 0 aliphatic heterocycles. The lowest BCUT2D eigenvalue weighted by Crippen LogP contribution is -2.37. The van der Waals surface area contributed by atoms with Gasteiger partial charge in [-0.05, 0) is 105 Å². The summed E-state index contributed by atoms with van der Waals surface area (Å²) in [7, 11) is 0. The monoisotopic (exact) mass is 372 g/mol. The average molecular weight is 373 g/mol. The van der Waals surface area contributed by atoms with E-state index >= 15 is 0 Å². The maximum atomic E-state index is 10.4. The highest BCUT2D eigenvalue weighted by molar-refractivity contribution is 5.42. The number of unbranched alkanes of at least 4 members (excludes halogenated alkanes) is 2. The van der Waals surface area contributed by atoms with Gasteiger partial charge in [0.2, 0.25) is 0 Å². The molecule has 27 heavy (non-hydrogen) atoms. The number of aliphatic hydroxyl groups is 1. The molecule has 150 valence electrons. The zero-order valence-electron chi connectivity index (χ0n) is 16.8. The lowest BCUT2D eigenvalue weighted by Gasteiger charge is -2.47. The molecule has 2 fully saturated rings. The van der Waals surface area contributed by atoms with E-state index in [0.717, 1.165) is 32.0 Å². The minimum Gasteiger partial charge on any atom is -0.508 e. The van der Waals surface area contributed by atoms with Gasteiger partial charge < -0.3 is 14.9 Å². The highest BCUT2D eigenvalue weighted by Gasteiger charge is 2.48. The maximum Gasteiger partial charge on any atom is 0.115 e. The molecule has 2 N–H and O–H groups in total. The molecule has 1 unspecified atom stereocenters. The summed E-state index contributed by atoms with van der Waals surface area (Å²) in [6, 6.07) is 6.14. The highest BCUT2D eigenvalue weighted by Crippen LogP contribution is 2.58. The Bertz CT molecular complexity index is 628. The van der Waals surface area contributed by atoms with Crippen LogP contribution in [0.4, 0.5) is 0 Å². The first-order valence-electron chi connectivity index (χ1n) is 11.3. The Morgan fingerprint density at radius 1 is 0.963 bits per heavy atom. The molecular formula is C24H36O3. The summed E-state index contributed by atoms with van der Waals surface area (Å²) in [5, 5.41) is 20.5. The predicted octanol–water partition coefficient (Wildman–Crippen LogP) is 5.36. The van der Waals surface area contributed by atoms with E-state index in [2.05, 4.69) is 13.0 Å². The molecule has 2 saturated carbocycles. The molecule has 0 heterocycles. The summed E-state index contributed by atoms with van der Waals surface area (Å²) in [5.41, 5.74) is 2.92. The SMILES string of the molecule is CCOCCCCC[C@@H]1C[C@@H]2[C@H](CCC3[C@H]2CC[C@@H]3O)c2ccc(O)cc21. The summed E-state index contributed by atoms with van der Waals surface area (Å²) < 4.78 is 5.47. The normalized spacial score (nSPS) is 34.7. The van der Waals surface area contributed by atoms with Gasteiger partial charge >= 0.3 is 0 Å². The number of aliphatic hydroxyl groups excluding tert-OH is 1. The Labute approximate surface area is 164 Å². The maximum absolute atomic E-state index is 10.4. The van der Waals surface area contributed by atoms with Gasteiger partial charge in [-0.2, -0.15) is 0 Å². The van der Waals surface area contributed by atoms with Crippen LogP contribution in [0.25, 0.3) is 0 Å². The van der Waals surface area contributed by atoms with Gasteiger partial charge in [0.05, 0.1) is 6.10 Å². The van der Waals surface area contributed by atoms with Crippen LogP contribution in [0, 0.1) is 17.8 Å². The van der Waals surface area contributed by atoms with Gasteiger partial charge in [-0.3, -0.25) is 0 Å². The summed E-state index contributed by atoms with van der Waals surface area (Å²) in [6.07, 6.45) is 10.6. The summed E-state index contributed by atoms with van der Waals surface area (Å²) in [5.74, 6) is 3.60. The summed E-state index contributed by atoms with van der Waals surface area (Å²) in [4.78, 5) is 0. The molecule has 1 aromatic carbocycles. The van der Waals surface area contributed by atoms with Crippen LogP contribution in [-0.2, 0) is 4.74 Å². The van der Waals surface area contributed by atoms with Gasteiger partial charge in [0.15, 0.2) is 0 Å². The largest absolute Gasteiger partial charge is 0.508 e. The van der Waals surface area contributed by atoms with Crippen molar-refractivity contribution < 1.29 is 14.9 Å². The standard InChI is InChI=1S/C24H36O3/c1-2-27-13-5-3-4-6-16-14-23-19(18-8-7-17(25)15-22(16)18)9-10-21-20(23)11-12-24(21)26/h7-8,15-16,19-21,23-26H,2-6,9-14H2,1H3/t16-,19-,20-,21?,23-,24+/m1/s1. The number of ether oxygens (including phenoxy) is 1. The van der Waals surface area contributed by atoms with Crippen molar-refractivity contribution in [3.8, 4) is 5.75 Å². The van der Waals surface area contributed by atoms with Gasteiger partial charge in [0.25, 0.3) is 0 Å². The second-order valence-corrected chi connectivity index (χ2v) is 9.11. The molecular weight excluding hydrogens is 336 g/mol. The lowest BCUT2D eigenvalue weighted by molar-refractivity contribution is 0.0523. The first kappa shape index (κ1) is 19.3. The molecule has 1 aromatic rings. The Morgan fingerprint density at radius 3 is 2.67 bits per heavy atom. The van der Waals surface area contributed by atoms with E-state index in [9.17, 15) is 10.2 Å². The van der Waals surface area contributed by atoms with Gasteiger partial charge in [0, 0.05) is 13.2 Å². The molecule has 0 saturated heterocycles. The van der Waals surface area contributed by atoms with E-state index in [1.165, 1.54) is 56.1 Å². The Morgan fingerprint density at radius 2 is 1.81 bits per heavy atom. The summed E-state index contributed by atoms with van der Waals surface area (Å²) >= 11 is 0. The lowest BCUT2D eigenvalue weighted by atomic mass is 9.58. The number of hydrogen-bond acceptors (Lipinski definition) is 3. The first-order valence-corrected chi connectivity index (χ1v) is 11.3. The molecule has 0 bridgehead atoms. The van der Waals surface area contributed by atoms with Crippen molar-refractivity contribution >= 4 is 0 Å². The molecule has 0 spiro atoms. The van der Waals surface area contributed by atoms with Crippen molar-refractivity contribution in [3.63, 3.8) is 0 Å². The zero-order chi connectivity index (χ0) is 18.8. The van der Waals surface area contributed by atoms with Crippen LogP contribution < -0.4 is 0 Å². The van der Waals surface area contributed by atoms with E-state index in [4.69, 9.17) is 4.74 Å². The van der Waals surface area contributed by atoms with Gasteiger partial charge in [-0.25, -0.2) is 0 Å². The molecule has 0 aromatic heterocycles. The van der Waals surface area contributed by atoms with Gasteiger partial charge in [-0.1, -0.05) is 18.9 Å². The Hall–Kier alpha value is -1.06. The van der Waals surface area contributed by atoms with E-state index in [-0.39, 0.29) is 6.10 Å². The molecule has 3 nitrogen and oxygen atoms in total. The molecule has 3 aliphatic carbocycles. The van der Waals surface area contributed by atoms with Gasteiger partial charge in [-0.15, -0.1) is 0 Å². The Kier molecular flexibility index (Phi) is 6.08. The minimum absolute atomic E-state index is 0.0609. The highest BCUT2D eigenvalue weighted by atomic mass is 16.5. The van der Waals surface area contributed by atoms with Crippen molar-refractivity contribution in [2.45, 2.75) is 82.7 Å². The molecule has 6 atom stereocenters. The number of fused-ring (bicyclic) bond motifs is 5. The van der Waals surface area contributed by atoms with Crippen LogP contribution in [0.3, 0.4) is 0 Å². The fourth-order valence-corrected chi connectivity index (χ4v) is 6.52. The fourth-order valence-electron chi connectivity index (χ4n) is 6.52. The molecule has 0 amide bonds. The van der Waals surface area contributed by atoms with Crippen LogP contribution in [0.15, 0.2) is 18.2 Å². The number of benzene rings is 1. The van der Waals surface area contributed by atoms with Crippen LogP contribution >= 0.6 is 0 Å². The van der Waals surface area contributed by atoms with Crippen LogP contribution in [-0.4, -0.2) is 29.5 Å². The minimum atomic E-state index is -0.0609. The second-order valence-electron chi connectivity index (χ2n) is 9.11. The molecule has 4 rings (SSSR count). The van der Waals surface area contributed by atoms with Crippen LogP contribution in [0.5, 0.6) is 5.75 Å². The van der Waals surface area contributed by atoms with Crippen molar-refractivity contribution in [2.75, 3.05) is 13.2 Å². The van der Waals surface area contributed by atoms with Crippen molar-refractivity contribution in [3.05, 3.63) is 29.3 Å². The quantitative estimate of drug-likeness (QED) is 0.634. The zero-order valence-corrected chi connectivity index (χ0v) is 16.8. The van der Waals surface area contributed by atoms with Crippen LogP contribution in [0.2, 0.25) is 0 Å². The fraction of sp³-hybridized carbons (Fsp3) is 0.750. The van der Waals surface area contributed by atoms with Gasteiger partial charge in [0.1, 0.15) is 5.75 Å². The summed E-state index contributed by atoms with van der Waals surface area (Å²) in [6.45, 7) is 3.75. The van der Waals surface area contributed by atoms with E-state index in [0.29, 0.717) is 29.4 Å². The third-order valence-corrected chi connectivity index (χ3v) is 7.73. The predicted molar refractivity (Wildman–Crippen MR) is 108 cm³/mol. The molecule has 3 heteroatoms. The van der Waals surface area contributed by atoms with Crippen LogP contribution in [0.1, 0.15) is 87.7 Å². The molecule has 3 aliphatic rings. The van der Waals surface area contributed by atoms with Crippen molar-refractivity contribution in [1.82, 2.24) is 0 Å². The van der Waals surface area contributed by atoms with Crippen molar-refractivity contribution in [1.29, 1.82) is 0 Å². The number of aromatic hydroxyl groups is 1. The smallest absolute Gasteiger partial charge is 0.115 e. The Balaban J connectivity index is 1.49. The van der Waals surface area contributed by atoms with E-state index in [1.807, 2.05) is 12.1 Å². The average Bonchev–Trinajstić information content (AvgIpc) is 3.05. The topological polar surface area (TPSA) is 49.7 Å². The third kappa shape index (κ3) is 3.91. The number of phenolic OH excluding ortho intramolecular Hbond substituents is 1. The second kappa shape index (κ2) is 8.53. The first-order chi connectivity index (χ1) is 13.2. The van der Waals surface area contributed by atoms with E-state index in [1.54, 1.807) is 0 Å². The van der Waals surface area contributed by atoms with Crippen molar-refractivity contribution in [2.24, 2.45) is 17.8 Å². The number of phenols is 1. The third-order valence-electron chi connectivity index (χ3n) is 7.73. The number of rotatable bonds is 7. The molecule has 0 radical (unpaired) electrons. The van der Waals surface area contributed by atoms with E-state index < -0.39 is 0 Å². The number of hydrogen-bond donors (Lipinski definition) is 2.